The number of benzene rings is 2. The van der Waals surface area contributed by atoms with Crippen LogP contribution in [-0.2, 0) is 0 Å². The van der Waals surface area contributed by atoms with Crippen LogP contribution in [0, 0.1) is 0 Å². The van der Waals surface area contributed by atoms with Gasteiger partial charge in [-0.2, -0.15) is 0 Å². The molecule has 0 radical (unpaired) electrons. The lowest BCUT2D eigenvalue weighted by molar-refractivity contribution is 0.420. The molecule has 4 rings (SSSR count). The maximum absolute atomic E-state index is 11.9. The SMILES string of the molecule is O=c1cc[nH]c2ccc(-c3ccc(C4CCC4)cc3)cc12. The van der Waals surface area contributed by atoms with Gasteiger partial charge in [0, 0.05) is 23.2 Å². The Hall–Kier alpha value is -2.35. The minimum atomic E-state index is 0.0664. The second kappa shape index (κ2) is 4.88. The molecule has 1 aromatic heterocycles. The lowest BCUT2D eigenvalue weighted by atomic mass is 9.80. The van der Waals surface area contributed by atoms with Crippen LogP contribution in [0.5, 0.6) is 0 Å². The first-order valence-corrected chi connectivity index (χ1v) is 7.53. The van der Waals surface area contributed by atoms with Gasteiger partial charge in [0.1, 0.15) is 0 Å². The number of pyridine rings is 1. The standard InChI is InChI=1S/C19H17NO/c21-19-10-11-20-18-9-8-16(12-17(18)19)15-6-4-14(5-7-15)13-2-1-3-13/h4-13H,1-3H2,(H,20,21). The Morgan fingerprint density at radius 1 is 0.905 bits per heavy atom. The number of H-pyrrole nitrogens is 1. The van der Waals surface area contributed by atoms with Gasteiger partial charge in [0.05, 0.1) is 0 Å². The third-order valence-electron chi connectivity index (χ3n) is 4.58. The van der Waals surface area contributed by atoms with Crippen molar-refractivity contribution in [1.82, 2.24) is 4.98 Å². The summed E-state index contributed by atoms with van der Waals surface area (Å²) in [4.78, 5) is 15.0. The topological polar surface area (TPSA) is 32.9 Å². The van der Waals surface area contributed by atoms with Gasteiger partial charge in [0.15, 0.2) is 5.43 Å². The molecular formula is C19H17NO. The maximum atomic E-state index is 11.9. The third kappa shape index (κ3) is 2.17. The van der Waals surface area contributed by atoms with Gasteiger partial charge in [-0.15, -0.1) is 0 Å². The Balaban J connectivity index is 1.75. The van der Waals surface area contributed by atoms with E-state index in [9.17, 15) is 4.79 Å². The average Bonchev–Trinajstić information content (AvgIpc) is 2.47. The molecule has 21 heavy (non-hydrogen) atoms. The summed E-state index contributed by atoms with van der Waals surface area (Å²) in [7, 11) is 0. The van der Waals surface area contributed by atoms with Crippen LogP contribution < -0.4 is 5.43 Å². The van der Waals surface area contributed by atoms with Crippen LogP contribution in [0.1, 0.15) is 30.7 Å². The van der Waals surface area contributed by atoms with Gasteiger partial charge in [0.25, 0.3) is 0 Å². The van der Waals surface area contributed by atoms with E-state index in [2.05, 4.69) is 35.3 Å². The number of aromatic nitrogens is 1. The molecule has 0 spiro atoms. The van der Waals surface area contributed by atoms with Crippen molar-refractivity contribution in [2.45, 2.75) is 25.2 Å². The summed E-state index contributed by atoms with van der Waals surface area (Å²) in [5.74, 6) is 0.762. The predicted molar refractivity (Wildman–Crippen MR) is 86.6 cm³/mol. The lowest BCUT2D eigenvalue weighted by Crippen LogP contribution is -2.08. The molecule has 0 atom stereocenters. The summed E-state index contributed by atoms with van der Waals surface area (Å²) in [6.07, 6.45) is 5.70. The molecule has 1 N–H and O–H groups in total. The number of nitrogens with one attached hydrogen (secondary N) is 1. The summed E-state index contributed by atoms with van der Waals surface area (Å²) in [5.41, 5.74) is 4.67. The molecule has 104 valence electrons. The van der Waals surface area contributed by atoms with Gasteiger partial charge in [-0.05, 0) is 47.6 Å². The van der Waals surface area contributed by atoms with E-state index in [1.807, 2.05) is 12.1 Å². The molecule has 1 saturated carbocycles. The lowest BCUT2D eigenvalue weighted by Gasteiger charge is -2.25. The zero-order valence-electron chi connectivity index (χ0n) is 11.8. The van der Waals surface area contributed by atoms with Crippen molar-refractivity contribution in [3.05, 3.63) is 70.5 Å². The van der Waals surface area contributed by atoms with Crippen LogP contribution in [0.4, 0.5) is 0 Å². The number of fused-ring (bicyclic) bond motifs is 1. The quantitative estimate of drug-likeness (QED) is 0.735. The Morgan fingerprint density at radius 3 is 2.38 bits per heavy atom. The van der Waals surface area contributed by atoms with E-state index in [1.165, 1.54) is 30.4 Å². The van der Waals surface area contributed by atoms with Gasteiger partial charge in [0.2, 0.25) is 0 Å². The molecule has 1 heterocycles. The first-order valence-electron chi connectivity index (χ1n) is 7.53. The monoisotopic (exact) mass is 275 g/mol. The van der Waals surface area contributed by atoms with E-state index in [0.29, 0.717) is 0 Å². The van der Waals surface area contributed by atoms with Crippen molar-refractivity contribution >= 4 is 10.9 Å². The number of aromatic amines is 1. The molecule has 2 nitrogen and oxygen atoms in total. The zero-order chi connectivity index (χ0) is 14.2. The number of rotatable bonds is 2. The van der Waals surface area contributed by atoms with Gasteiger partial charge < -0.3 is 4.98 Å². The van der Waals surface area contributed by atoms with E-state index in [-0.39, 0.29) is 5.43 Å². The van der Waals surface area contributed by atoms with Crippen molar-refractivity contribution in [2.24, 2.45) is 0 Å². The summed E-state index contributed by atoms with van der Waals surface area (Å²) < 4.78 is 0. The predicted octanol–water partition coefficient (Wildman–Crippen LogP) is 4.46. The van der Waals surface area contributed by atoms with Crippen LogP contribution >= 0.6 is 0 Å². The molecule has 1 aliphatic rings. The fraction of sp³-hybridized carbons (Fsp3) is 0.211. The second-order valence-corrected chi connectivity index (χ2v) is 5.85. The maximum Gasteiger partial charge on any atom is 0.189 e. The molecule has 0 bridgehead atoms. The fourth-order valence-electron chi connectivity index (χ4n) is 3.04. The molecule has 2 heteroatoms. The summed E-state index contributed by atoms with van der Waals surface area (Å²) in [6, 6.07) is 16.4. The normalized spacial score (nSPS) is 15.0. The van der Waals surface area contributed by atoms with Gasteiger partial charge in [-0.3, -0.25) is 4.79 Å². The van der Waals surface area contributed by atoms with Crippen LogP contribution in [0.2, 0.25) is 0 Å². The molecule has 0 unspecified atom stereocenters. The Morgan fingerprint density at radius 2 is 1.67 bits per heavy atom. The fourth-order valence-corrected chi connectivity index (χ4v) is 3.04. The minimum absolute atomic E-state index is 0.0664. The molecule has 2 aromatic carbocycles. The third-order valence-corrected chi connectivity index (χ3v) is 4.58. The molecule has 3 aromatic rings. The van der Waals surface area contributed by atoms with Crippen LogP contribution in [0.15, 0.2) is 59.5 Å². The van der Waals surface area contributed by atoms with E-state index >= 15 is 0 Å². The number of hydrogen-bond acceptors (Lipinski definition) is 1. The largest absolute Gasteiger partial charge is 0.361 e. The van der Waals surface area contributed by atoms with Crippen LogP contribution in [-0.4, -0.2) is 4.98 Å². The summed E-state index contributed by atoms with van der Waals surface area (Å²) in [5, 5.41) is 0.748. The van der Waals surface area contributed by atoms with Crippen LogP contribution in [0.3, 0.4) is 0 Å². The highest BCUT2D eigenvalue weighted by atomic mass is 16.1. The van der Waals surface area contributed by atoms with Crippen molar-refractivity contribution in [1.29, 1.82) is 0 Å². The smallest absolute Gasteiger partial charge is 0.189 e. The number of hydrogen-bond donors (Lipinski definition) is 1. The van der Waals surface area contributed by atoms with Crippen molar-refractivity contribution in [3.8, 4) is 11.1 Å². The van der Waals surface area contributed by atoms with Gasteiger partial charge in [-0.1, -0.05) is 36.8 Å². The molecular weight excluding hydrogens is 258 g/mol. The Bertz CT molecular complexity index is 841. The highest BCUT2D eigenvalue weighted by molar-refractivity contribution is 5.84. The van der Waals surface area contributed by atoms with E-state index in [0.717, 1.165) is 22.4 Å². The molecule has 1 aliphatic carbocycles. The van der Waals surface area contributed by atoms with Gasteiger partial charge >= 0.3 is 0 Å². The van der Waals surface area contributed by atoms with Gasteiger partial charge in [-0.25, -0.2) is 0 Å². The second-order valence-electron chi connectivity index (χ2n) is 5.85. The molecule has 0 aliphatic heterocycles. The molecule has 0 amide bonds. The minimum Gasteiger partial charge on any atom is -0.361 e. The Kier molecular flexibility index (Phi) is 2.88. The van der Waals surface area contributed by atoms with Crippen molar-refractivity contribution in [2.75, 3.05) is 0 Å². The first kappa shape index (κ1) is 12.4. The van der Waals surface area contributed by atoms with E-state index < -0.39 is 0 Å². The van der Waals surface area contributed by atoms with Crippen molar-refractivity contribution in [3.63, 3.8) is 0 Å². The molecule has 0 saturated heterocycles. The van der Waals surface area contributed by atoms with E-state index in [4.69, 9.17) is 0 Å². The summed E-state index contributed by atoms with van der Waals surface area (Å²) in [6.45, 7) is 0. The zero-order valence-corrected chi connectivity index (χ0v) is 11.8. The van der Waals surface area contributed by atoms with Crippen LogP contribution in [0.25, 0.3) is 22.0 Å². The Labute approximate surface area is 123 Å². The summed E-state index contributed by atoms with van der Waals surface area (Å²) >= 11 is 0. The first-order chi connectivity index (χ1) is 10.3. The highest BCUT2D eigenvalue weighted by Crippen LogP contribution is 2.37. The average molecular weight is 275 g/mol. The van der Waals surface area contributed by atoms with E-state index in [1.54, 1.807) is 12.3 Å². The highest BCUT2D eigenvalue weighted by Gasteiger charge is 2.18. The molecule has 1 fully saturated rings. The van der Waals surface area contributed by atoms with Crippen molar-refractivity contribution < 1.29 is 0 Å².